The number of nitrogens with zero attached hydrogens (tertiary/aromatic N) is 1. The van der Waals surface area contributed by atoms with Crippen molar-refractivity contribution in [2.24, 2.45) is 5.92 Å². The van der Waals surface area contributed by atoms with Gasteiger partial charge < -0.3 is 14.9 Å². The van der Waals surface area contributed by atoms with Crippen molar-refractivity contribution in [2.75, 3.05) is 6.54 Å². The van der Waals surface area contributed by atoms with Gasteiger partial charge in [-0.05, 0) is 19.3 Å². The van der Waals surface area contributed by atoms with Crippen molar-refractivity contribution < 1.29 is 19.2 Å². The number of rotatable bonds is 7. The summed E-state index contributed by atoms with van der Waals surface area (Å²) >= 11 is 0. The molecule has 1 heterocycles. The van der Waals surface area contributed by atoms with Crippen LogP contribution in [0.5, 0.6) is 0 Å². The Morgan fingerprint density at radius 1 is 1.58 bits per heavy atom. The lowest BCUT2D eigenvalue weighted by molar-refractivity contribution is -0.141. The highest BCUT2D eigenvalue weighted by molar-refractivity contribution is 5.92. The van der Waals surface area contributed by atoms with Crippen molar-refractivity contribution in [2.45, 2.75) is 38.5 Å². The molecule has 0 saturated heterocycles. The highest BCUT2D eigenvalue weighted by Crippen LogP contribution is 2.40. The maximum Gasteiger partial charge on any atom is 0.308 e. The van der Waals surface area contributed by atoms with Gasteiger partial charge in [-0.3, -0.25) is 9.59 Å². The smallest absolute Gasteiger partial charge is 0.308 e. The van der Waals surface area contributed by atoms with Gasteiger partial charge in [0.15, 0.2) is 5.69 Å². The third kappa shape index (κ3) is 3.56. The summed E-state index contributed by atoms with van der Waals surface area (Å²) in [7, 11) is 0. The zero-order valence-electron chi connectivity index (χ0n) is 10.9. The van der Waals surface area contributed by atoms with Gasteiger partial charge in [0.05, 0.1) is 5.92 Å². The molecule has 6 nitrogen and oxygen atoms in total. The molecule has 1 unspecified atom stereocenters. The van der Waals surface area contributed by atoms with Crippen molar-refractivity contribution >= 4 is 11.9 Å². The van der Waals surface area contributed by atoms with Crippen molar-refractivity contribution in [3.05, 3.63) is 17.5 Å². The molecule has 19 heavy (non-hydrogen) atoms. The van der Waals surface area contributed by atoms with Gasteiger partial charge in [-0.15, -0.1) is 0 Å². The van der Waals surface area contributed by atoms with Crippen LogP contribution >= 0.6 is 0 Å². The van der Waals surface area contributed by atoms with Crippen LogP contribution in [-0.4, -0.2) is 28.7 Å². The Morgan fingerprint density at radius 2 is 2.32 bits per heavy atom. The maximum atomic E-state index is 11.8. The summed E-state index contributed by atoms with van der Waals surface area (Å²) in [6.07, 6.45) is 3.46. The standard InChI is InChI=1S/C13H18N2O4/c1-2-3-9(13(17)18)7-14-12(16)10-6-11(19-15-10)8-4-5-8/h6,8-9H,2-5,7H2,1H3,(H,14,16)(H,17,18). The molecule has 1 aromatic heterocycles. The number of hydrogen-bond donors (Lipinski definition) is 2. The van der Waals surface area contributed by atoms with E-state index >= 15 is 0 Å². The number of nitrogens with one attached hydrogen (secondary N) is 1. The van der Waals surface area contributed by atoms with Crippen molar-refractivity contribution in [1.82, 2.24) is 10.5 Å². The van der Waals surface area contributed by atoms with Crippen LogP contribution in [0.4, 0.5) is 0 Å². The fourth-order valence-electron chi connectivity index (χ4n) is 1.92. The lowest BCUT2D eigenvalue weighted by atomic mass is 10.0. The fourth-order valence-corrected chi connectivity index (χ4v) is 1.92. The first kappa shape index (κ1) is 13.6. The number of hydrogen-bond acceptors (Lipinski definition) is 4. The highest BCUT2D eigenvalue weighted by Gasteiger charge is 2.29. The van der Waals surface area contributed by atoms with Crippen molar-refractivity contribution in [3.8, 4) is 0 Å². The maximum absolute atomic E-state index is 11.8. The second-order valence-corrected chi connectivity index (χ2v) is 4.92. The largest absolute Gasteiger partial charge is 0.481 e. The van der Waals surface area contributed by atoms with E-state index in [4.69, 9.17) is 9.63 Å². The van der Waals surface area contributed by atoms with E-state index in [1.165, 1.54) is 0 Å². The molecule has 2 rings (SSSR count). The molecular formula is C13H18N2O4. The van der Waals surface area contributed by atoms with E-state index in [-0.39, 0.29) is 18.1 Å². The van der Waals surface area contributed by atoms with Crippen LogP contribution in [0.2, 0.25) is 0 Å². The molecule has 2 N–H and O–H groups in total. The van der Waals surface area contributed by atoms with Gasteiger partial charge in [0.1, 0.15) is 5.76 Å². The second-order valence-electron chi connectivity index (χ2n) is 4.92. The Kier molecular flexibility index (Phi) is 4.19. The molecule has 1 amide bonds. The normalized spacial score (nSPS) is 16.1. The van der Waals surface area contributed by atoms with Gasteiger partial charge in [0.2, 0.25) is 0 Å². The van der Waals surface area contributed by atoms with Crippen LogP contribution < -0.4 is 5.32 Å². The zero-order chi connectivity index (χ0) is 13.8. The Hall–Kier alpha value is -1.85. The molecule has 0 aromatic carbocycles. The quantitative estimate of drug-likeness (QED) is 0.784. The summed E-state index contributed by atoms with van der Waals surface area (Å²) in [6, 6.07) is 1.64. The number of carboxylic acids is 1. The molecule has 1 aliphatic carbocycles. The third-order valence-electron chi connectivity index (χ3n) is 3.24. The minimum absolute atomic E-state index is 0.119. The molecule has 0 bridgehead atoms. The van der Waals surface area contributed by atoms with Crippen molar-refractivity contribution in [1.29, 1.82) is 0 Å². The number of aromatic nitrogens is 1. The summed E-state index contributed by atoms with van der Waals surface area (Å²) in [5.41, 5.74) is 0.225. The summed E-state index contributed by atoms with van der Waals surface area (Å²) in [6.45, 7) is 2.03. The van der Waals surface area contributed by atoms with Gasteiger partial charge in [-0.2, -0.15) is 0 Å². The van der Waals surface area contributed by atoms with Gasteiger partial charge >= 0.3 is 5.97 Å². The summed E-state index contributed by atoms with van der Waals surface area (Å²) < 4.78 is 5.08. The van der Waals surface area contributed by atoms with Gasteiger partial charge in [0, 0.05) is 18.5 Å². The molecule has 1 aromatic rings. The molecule has 1 atom stereocenters. The highest BCUT2D eigenvalue weighted by atomic mass is 16.5. The van der Waals surface area contributed by atoms with E-state index in [9.17, 15) is 9.59 Å². The average molecular weight is 266 g/mol. The summed E-state index contributed by atoms with van der Waals surface area (Å²) in [4.78, 5) is 22.8. The van der Waals surface area contributed by atoms with Crippen LogP contribution in [0, 0.1) is 5.92 Å². The third-order valence-corrected chi connectivity index (χ3v) is 3.24. The van der Waals surface area contributed by atoms with Crippen LogP contribution in [-0.2, 0) is 4.79 Å². The summed E-state index contributed by atoms with van der Waals surface area (Å²) in [5, 5.41) is 15.3. The van der Waals surface area contributed by atoms with E-state index in [0.717, 1.165) is 25.0 Å². The molecular weight excluding hydrogens is 248 g/mol. The SMILES string of the molecule is CCCC(CNC(=O)c1cc(C2CC2)on1)C(=O)O. The van der Waals surface area contributed by atoms with Crippen LogP contribution in [0.15, 0.2) is 10.6 Å². The number of amides is 1. The molecule has 0 radical (unpaired) electrons. The Balaban J connectivity index is 1.86. The van der Waals surface area contributed by atoms with E-state index < -0.39 is 11.9 Å². The molecule has 1 saturated carbocycles. The first-order valence-electron chi connectivity index (χ1n) is 6.59. The predicted octanol–water partition coefficient (Wildman–Crippen LogP) is 1.78. The lowest BCUT2D eigenvalue weighted by Gasteiger charge is -2.11. The summed E-state index contributed by atoms with van der Waals surface area (Å²) in [5.74, 6) is -0.669. The Morgan fingerprint density at radius 3 is 2.89 bits per heavy atom. The molecule has 1 aliphatic rings. The van der Waals surface area contributed by atoms with Crippen LogP contribution in [0.25, 0.3) is 0 Å². The zero-order valence-corrected chi connectivity index (χ0v) is 10.9. The lowest BCUT2D eigenvalue weighted by Crippen LogP contribution is -2.33. The fraction of sp³-hybridized carbons (Fsp3) is 0.615. The average Bonchev–Trinajstić information content (AvgIpc) is 3.11. The Labute approximate surface area is 111 Å². The van der Waals surface area contributed by atoms with Gasteiger partial charge in [0.25, 0.3) is 5.91 Å². The minimum Gasteiger partial charge on any atom is -0.481 e. The topological polar surface area (TPSA) is 92.4 Å². The first-order chi connectivity index (χ1) is 9.11. The minimum atomic E-state index is -0.888. The monoisotopic (exact) mass is 266 g/mol. The number of carboxylic acid groups (broad SMARTS) is 1. The molecule has 6 heteroatoms. The van der Waals surface area contributed by atoms with Crippen molar-refractivity contribution in [3.63, 3.8) is 0 Å². The molecule has 1 fully saturated rings. The number of aliphatic carboxylic acids is 1. The number of carbonyl (C=O) groups excluding carboxylic acids is 1. The molecule has 0 spiro atoms. The Bertz CT molecular complexity index is 465. The van der Waals surface area contributed by atoms with Gasteiger partial charge in [-0.1, -0.05) is 18.5 Å². The van der Waals surface area contributed by atoms with Crippen LogP contribution in [0.1, 0.15) is 54.8 Å². The second kappa shape index (κ2) is 5.86. The number of carbonyl (C=O) groups is 2. The first-order valence-corrected chi connectivity index (χ1v) is 6.59. The van der Waals surface area contributed by atoms with Gasteiger partial charge in [-0.25, -0.2) is 0 Å². The predicted molar refractivity (Wildman–Crippen MR) is 66.8 cm³/mol. The van der Waals surface area contributed by atoms with E-state index in [1.807, 2.05) is 6.92 Å². The van der Waals surface area contributed by atoms with E-state index in [0.29, 0.717) is 12.3 Å². The molecule has 104 valence electrons. The van der Waals surface area contributed by atoms with E-state index in [1.54, 1.807) is 6.07 Å². The molecule has 0 aliphatic heterocycles. The van der Waals surface area contributed by atoms with Crippen LogP contribution in [0.3, 0.4) is 0 Å². The van der Waals surface area contributed by atoms with E-state index in [2.05, 4.69) is 10.5 Å².